The molecule has 45 heavy (non-hydrogen) atoms. The molecular formula is C33H39N3O8S. The van der Waals surface area contributed by atoms with E-state index in [1.807, 2.05) is 0 Å². The van der Waals surface area contributed by atoms with Gasteiger partial charge in [0.15, 0.2) is 21.3 Å². The van der Waals surface area contributed by atoms with Gasteiger partial charge in [0, 0.05) is 17.8 Å². The third-order valence-corrected chi connectivity index (χ3v) is 10.7. The van der Waals surface area contributed by atoms with E-state index >= 15 is 0 Å². The summed E-state index contributed by atoms with van der Waals surface area (Å²) < 4.78 is 38.1. The van der Waals surface area contributed by atoms with Crippen molar-refractivity contribution in [3.8, 4) is 11.5 Å². The third kappa shape index (κ3) is 6.06. The Kier molecular flexibility index (Phi) is 9.76. The number of primary amides is 1. The first kappa shape index (κ1) is 33.3. The Balaban J connectivity index is 1.95. The summed E-state index contributed by atoms with van der Waals surface area (Å²) in [5.74, 6) is -2.56. The van der Waals surface area contributed by atoms with E-state index in [0.717, 1.165) is 0 Å². The van der Waals surface area contributed by atoms with Crippen LogP contribution < -0.4 is 20.5 Å². The topological polar surface area (TPSA) is 165 Å². The minimum atomic E-state index is -3.86. The van der Waals surface area contributed by atoms with Crippen molar-refractivity contribution in [2.24, 2.45) is 11.7 Å². The number of nitrogens with two attached hydrogens (primary N) is 1. The second kappa shape index (κ2) is 13.2. The van der Waals surface area contributed by atoms with Crippen LogP contribution in [0.15, 0.2) is 71.6 Å². The number of hydrogen-bond acceptors (Lipinski definition) is 8. The number of benzene rings is 3. The molecule has 12 heteroatoms. The second-order valence-corrected chi connectivity index (χ2v) is 13.6. The number of carbonyl (C=O) groups is 3. The van der Waals surface area contributed by atoms with Crippen molar-refractivity contribution in [3.63, 3.8) is 0 Å². The number of amides is 2. The SMILES string of the molecule is CC[C@]1(c2ccccc2S(=O)(=O)C(C)C)[C@@H](C(=O)O)CCN1C(=O)[C@@H](Nc1cccc(C(N)=O)c1)c1ccc(OC)c(OC)c1. The van der Waals surface area contributed by atoms with Gasteiger partial charge in [-0.3, -0.25) is 14.4 Å². The fraction of sp³-hybridized carbons (Fsp3) is 0.364. The van der Waals surface area contributed by atoms with Gasteiger partial charge in [-0.2, -0.15) is 0 Å². The van der Waals surface area contributed by atoms with Crippen molar-refractivity contribution in [2.75, 3.05) is 26.1 Å². The number of aliphatic carboxylic acids is 1. The Hall–Kier alpha value is -4.58. The average molecular weight is 638 g/mol. The van der Waals surface area contributed by atoms with Gasteiger partial charge in [-0.25, -0.2) is 8.42 Å². The van der Waals surface area contributed by atoms with E-state index in [9.17, 15) is 27.9 Å². The van der Waals surface area contributed by atoms with E-state index in [0.29, 0.717) is 22.7 Å². The van der Waals surface area contributed by atoms with Gasteiger partial charge >= 0.3 is 5.97 Å². The number of likely N-dealkylation sites (tertiary alicyclic amines) is 1. The molecule has 1 aliphatic heterocycles. The number of nitrogens with zero attached hydrogens (tertiary/aromatic N) is 1. The van der Waals surface area contributed by atoms with Gasteiger partial charge in [0.1, 0.15) is 6.04 Å². The summed E-state index contributed by atoms with van der Waals surface area (Å²) in [5.41, 5.74) is 5.39. The maximum absolute atomic E-state index is 14.9. The van der Waals surface area contributed by atoms with Crippen LogP contribution in [-0.2, 0) is 25.0 Å². The molecule has 3 aromatic rings. The molecule has 0 bridgehead atoms. The van der Waals surface area contributed by atoms with Gasteiger partial charge in [0.2, 0.25) is 11.8 Å². The van der Waals surface area contributed by atoms with Crippen LogP contribution in [-0.4, -0.2) is 62.2 Å². The highest BCUT2D eigenvalue weighted by molar-refractivity contribution is 7.92. The average Bonchev–Trinajstić information content (AvgIpc) is 3.44. The molecule has 3 atom stereocenters. The zero-order valence-corrected chi connectivity index (χ0v) is 26.8. The molecule has 1 saturated heterocycles. The molecule has 1 aliphatic rings. The molecule has 0 radical (unpaired) electrons. The number of hydrogen-bond donors (Lipinski definition) is 3. The zero-order chi connectivity index (χ0) is 33.1. The Bertz CT molecular complexity index is 1710. The van der Waals surface area contributed by atoms with Gasteiger partial charge in [-0.1, -0.05) is 37.3 Å². The highest BCUT2D eigenvalue weighted by Crippen LogP contribution is 2.50. The Morgan fingerprint density at radius 3 is 2.31 bits per heavy atom. The van der Waals surface area contributed by atoms with Gasteiger partial charge in [-0.15, -0.1) is 0 Å². The Labute approximate surface area is 263 Å². The lowest BCUT2D eigenvalue weighted by Crippen LogP contribution is -2.52. The van der Waals surface area contributed by atoms with Crippen LogP contribution in [0.3, 0.4) is 0 Å². The maximum atomic E-state index is 14.9. The highest BCUT2D eigenvalue weighted by Gasteiger charge is 2.56. The molecule has 4 N–H and O–H groups in total. The number of carboxylic acids is 1. The second-order valence-electron chi connectivity index (χ2n) is 11.2. The predicted octanol–water partition coefficient (Wildman–Crippen LogP) is 4.38. The molecule has 0 spiro atoms. The van der Waals surface area contributed by atoms with Gasteiger partial charge < -0.3 is 30.5 Å². The number of sulfone groups is 1. The predicted molar refractivity (Wildman–Crippen MR) is 169 cm³/mol. The van der Waals surface area contributed by atoms with Crippen molar-refractivity contribution in [1.29, 1.82) is 0 Å². The molecule has 3 aromatic carbocycles. The molecule has 2 amide bonds. The molecule has 0 saturated carbocycles. The maximum Gasteiger partial charge on any atom is 0.309 e. The molecule has 11 nitrogen and oxygen atoms in total. The van der Waals surface area contributed by atoms with E-state index < -0.39 is 50.4 Å². The minimum absolute atomic E-state index is 0.00224. The van der Waals surface area contributed by atoms with E-state index in [4.69, 9.17) is 15.2 Å². The fourth-order valence-electron chi connectivity index (χ4n) is 6.21. The molecule has 1 heterocycles. The van der Waals surface area contributed by atoms with E-state index in [1.165, 1.54) is 31.3 Å². The third-order valence-electron chi connectivity index (χ3n) is 8.53. The lowest BCUT2D eigenvalue weighted by molar-refractivity contribution is -0.148. The van der Waals surface area contributed by atoms with E-state index in [1.54, 1.807) is 75.4 Å². The van der Waals surface area contributed by atoms with Crippen LogP contribution >= 0.6 is 0 Å². The lowest BCUT2D eigenvalue weighted by Gasteiger charge is -2.43. The quantitative estimate of drug-likeness (QED) is 0.261. The van der Waals surface area contributed by atoms with Crippen LogP contribution in [0.2, 0.25) is 0 Å². The molecule has 4 rings (SSSR count). The summed E-state index contributed by atoms with van der Waals surface area (Å²) in [5, 5.41) is 12.9. The standard InChI is InChI=1S/C33H39N3O8S/c1-6-33(24-12-7-8-13-28(24)45(41,42)20(2)3)25(32(39)40)16-17-36(33)31(38)29(21-14-15-26(43-4)27(19-21)44-5)35-23-11-9-10-22(18-23)30(34)37/h7-15,18-20,25,29,35H,6,16-17H2,1-5H3,(H2,34,37)(H,39,40)/t25-,29+,33+/m1/s1. The molecular weight excluding hydrogens is 598 g/mol. The zero-order valence-electron chi connectivity index (χ0n) is 25.9. The summed E-state index contributed by atoms with van der Waals surface area (Å²) in [6.45, 7) is 4.95. The lowest BCUT2D eigenvalue weighted by atomic mass is 9.76. The van der Waals surface area contributed by atoms with Crippen molar-refractivity contribution >= 4 is 33.3 Å². The van der Waals surface area contributed by atoms with Crippen molar-refractivity contribution < 1.29 is 37.4 Å². The van der Waals surface area contributed by atoms with Gasteiger partial charge in [-0.05, 0) is 74.2 Å². The summed E-state index contributed by atoms with van der Waals surface area (Å²) in [4.78, 5) is 41.1. The molecule has 0 aromatic heterocycles. The smallest absolute Gasteiger partial charge is 0.309 e. The minimum Gasteiger partial charge on any atom is -0.493 e. The van der Waals surface area contributed by atoms with Crippen LogP contribution in [0.1, 0.15) is 61.1 Å². The van der Waals surface area contributed by atoms with Crippen molar-refractivity contribution in [2.45, 2.75) is 55.3 Å². The first-order chi connectivity index (χ1) is 21.3. The van der Waals surface area contributed by atoms with Gasteiger partial charge in [0.05, 0.1) is 35.8 Å². The van der Waals surface area contributed by atoms with Crippen molar-refractivity contribution in [3.05, 3.63) is 83.4 Å². The summed E-state index contributed by atoms with van der Waals surface area (Å²) in [6.07, 6.45) is 0.247. The largest absolute Gasteiger partial charge is 0.493 e. The number of methoxy groups -OCH3 is 2. The monoisotopic (exact) mass is 637 g/mol. The first-order valence-corrected chi connectivity index (χ1v) is 16.1. The molecule has 0 unspecified atom stereocenters. The number of nitrogens with one attached hydrogen (secondary N) is 1. The number of rotatable bonds is 12. The molecule has 0 aliphatic carbocycles. The Morgan fingerprint density at radius 2 is 1.71 bits per heavy atom. The summed E-state index contributed by atoms with van der Waals surface area (Å²) in [6, 6.07) is 16.6. The van der Waals surface area contributed by atoms with Crippen molar-refractivity contribution in [1.82, 2.24) is 4.90 Å². The van der Waals surface area contributed by atoms with Crippen LogP contribution in [0.25, 0.3) is 0 Å². The summed E-state index contributed by atoms with van der Waals surface area (Å²) >= 11 is 0. The summed E-state index contributed by atoms with van der Waals surface area (Å²) in [7, 11) is -0.908. The number of carboxylic acid groups (broad SMARTS) is 1. The number of anilines is 1. The highest BCUT2D eigenvalue weighted by atomic mass is 32.2. The Morgan fingerprint density at radius 1 is 1.02 bits per heavy atom. The fourth-order valence-corrected chi connectivity index (χ4v) is 7.54. The van der Waals surface area contributed by atoms with E-state index in [-0.39, 0.29) is 35.4 Å². The molecule has 240 valence electrons. The number of carbonyl (C=O) groups excluding carboxylic acids is 2. The van der Waals surface area contributed by atoms with Crippen LogP contribution in [0, 0.1) is 5.92 Å². The normalized spacial score (nSPS) is 18.8. The first-order valence-electron chi connectivity index (χ1n) is 14.6. The number of ether oxygens (including phenoxy) is 2. The van der Waals surface area contributed by atoms with Crippen LogP contribution in [0.4, 0.5) is 5.69 Å². The van der Waals surface area contributed by atoms with Crippen LogP contribution in [0.5, 0.6) is 11.5 Å². The van der Waals surface area contributed by atoms with E-state index in [2.05, 4.69) is 5.32 Å². The van der Waals surface area contributed by atoms with Gasteiger partial charge in [0.25, 0.3) is 0 Å². The molecule has 1 fully saturated rings.